The molecular weight excluding hydrogens is 1380 g/mol. The molecule has 0 aliphatic heterocycles. The Kier molecular flexibility index (Phi) is 48.2. The van der Waals surface area contributed by atoms with E-state index in [2.05, 4.69) is 32.0 Å². The van der Waals surface area contributed by atoms with Crippen LogP contribution in [0.15, 0.2) is 158 Å². The Morgan fingerprint density at radius 1 is 0.330 bits per heavy atom. The molecule has 8 nitrogen and oxygen atoms in total. The topological polar surface area (TPSA) is 151 Å². The zero-order valence-electron chi connectivity index (χ0n) is 57.5. The minimum Gasteiger partial charge on any atom is -0.508 e. The van der Waals surface area contributed by atoms with Gasteiger partial charge in [0.05, 0.1) is 15.1 Å². The van der Waals surface area contributed by atoms with Crippen molar-refractivity contribution in [2.75, 3.05) is 0 Å². The highest BCUT2D eigenvalue weighted by atomic mass is 35.5. The maximum atomic E-state index is 9.73. The second-order valence-corrected chi connectivity index (χ2v) is 26.8. The molecule has 0 amide bonds. The van der Waals surface area contributed by atoms with Gasteiger partial charge in [-0.3, -0.25) is 0 Å². The minimum atomic E-state index is 0.150. The van der Waals surface area contributed by atoms with E-state index >= 15 is 0 Å². The van der Waals surface area contributed by atoms with Crippen LogP contribution in [0.5, 0.6) is 46.0 Å². The van der Waals surface area contributed by atoms with Crippen LogP contribution in [-0.4, -0.2) is 35.7 Å². The predicted octanol–water partition coefficient (Wildman–Crippen LogP) is 27.9. The smallest absolute Gasteiger partial charge is 0.146 e. The SMILES string of the molecule is CCCCCCCCc1cc(Cl)ccc1O.CCCCCCCc1cc(Cl)ccc1O.CCCCCCc1cc(Cl)ccc1O.CCCc1cccc(O)c1Cl.CCc1cccc(O)c1Cl.Cc1cccc(O)c1Cl.ClOc1ccccc1.Oc1ccc(Cl)cc1C1CCCCC1. The van der Waals surface area contributed by atoms with E-state index in [-0.39, 0.29) is 17.2 Å². The van der Waals surface area contributed by atoms with Gasteiger partial charge in [0.25, 0.3) is 0 Å². The Morgan fingerprint density at radius 3 is 1.08 bits per heavy atom. The lowest BCUT2D eigenvalue weighted by Gasteiger charge is -2.22. The number of para-hydroxylation sites is 1. The van der Waals surface area contributed by atoms with E-state index in [1.807, 2.05) is 80.6 Å². The highest BCUT2D eigenvalue weighted by Gasteiger charge is 2.19. The van der Waals surface area contributed by atoms with E-state index in [0.717, 1.165) is 102 Å². The molecule has 532 valence electrons. The summed E-state index contributed by atoms with van der Waals surface area (Å²) in [6.07, 6.45) is 30.6. The molecule has 8 aromatic carbocycles. The minimum absolute atomic E-state index is 0.150. The summed E-state index contributed by atoms with van der Waals surface area (Å²) in [5, 5.41) is 70.0. The number of hydrogen-bond acceptors (Lipinski definition) is 8. The van der Waals surface area contributed by atoms with Crippen molar-refractivity contribution >= 4 is 93.1 Å². The predicted molar refractivity (Wildman–Crippen MR) is 416 cm³/mol. The molecule has 0 aromatic heterocycles. The molecule has 0 atom stereocenters. The lowest BCUT2D eigenvalue weighted by atomic mass is 9.84. The van der Waals surface area contributed by atoms with Crippen molar-refractivity contribution in [1.29, 1.82) is 0 Å². The van der Waals surface area contributed by atoms with Gasteiger partial charge in [-0.05, 0) is 219 Å². The number of rotatable bonds is 23. The summed E-state index contributed by atoms with van der Waals surface area (Å²) >= 11 is 45.7. The Hall–Kier alpha value is -5.52. The van der Waals surface area contributed by atoms with E-state index in [9.17, 15) is 25.5 Å². The highest BCUT2D eigenvalue weighted by Crippen LogP contribution is 2.38. The van der Waals surface area contributed by atoms with E-state index in [1.165, 1.54) is 109 Å². The third-order valence-corrected chi connectivity index (χ3v) is 18.3. The van der Waals surface area contributed by atoms with Crippen molar-refractivity contribution in [1.82, 2.24) is 0 Å². The van der Waals surface area contributed by atoms with E-state index in [0.29, 0.717) is 64.8 Å². The summed E-state index contributed by atoms with van der Waals surface area (Å²) in [4.78, 5) is 0. The molecule has 1 aliphatic carbocycles. The second kappa shape index (κ2) is 53.4. The highest BCUT2D eigenvalue weighted by molar-refractivity contribution is 6.34. The molecular formula is C81H104Cl8O8. The summed E-state index contributed by atoms with van der Waals surface area (Å²) in [5.41, 5.74) is 6.86. The van der Waals surface area contributed by atoms with E-state index < -0.39 is 0 Å². The fourth-order valence-corrected chi connectivity index (χ4v) is 11.7. The standard InChI is InChI=1S/C14H21ClO.C13H19ClO.C12H15ClO.C12H17ClO.C9H11ClO.C8H9ClO.C7H7ClO.C6H5ClO/c1-2-3-4-5-6-7-8-12-11-13(15)9-10-14(12)16;1-2-3-4-5-6-7-11-10-12(14)8-9-13(11)15;13-10-6-7-12(14)11(8-10)9-4-2-1-3-5-9;1-2-3-4-5-6-10-9-11(13)7-8-12(10)14;1-2-4-7-5-3-6-8(11)9(7)10;1-2-6-4-3-5-7(10)8(6)9;1-5-3-2-4-6(9)7(5)8;7-8-6-4-2-1-3-5-6/h9-11,16H,2-8H2,1H3;8-10,15H,2-7H2,1H3;6-9,14H,1-5H2;7-9,14H,2-6H2,1H3;3,5-6,11H,2,4H2,1H3;3-5,10H,2H2,1H3;2-4,9H,1H3;1-5H. The van der Waals surface area contributed by atoms with Crippen LogP contribution in [0.1, 0.15) is 214 Å². The van der Waals surface area contributed by atoms with Crippen LogP contribution in [0.25, 0.3) is 0 Å². The molecule has 9 rings (SSSR count). The van der Waals surface area contributed by atoms with Gasteiger partial charge in [0.1, 0.15) is 57.9 Å². The molecule has 0 heterocycles. The Bertz CT molecular complexity index is 3360. The molecule has 0 unspecified atom stereocenters. The van der Waals surface area contributed by atoms with Crippen LogP contribution >= 0.6 is 93.1 Å². The first-order valence-corrected chi connectivity index (χ1v) is 37.2. The number of phenols is 7. The number of halogens is 8. The lowest BCUT2D eigenvalue weighted by molar-refractivity contribution is 0.414. The van der Waals surface area contributed by atoms with Gasteiger partial charge in [-0.25, -0.2) is 0 Å². The van der Waals surface area contributed by atoms with Gasteiger partial charge in [-0.2, -0.15) is 0 Å². The zero-order valence-corrected chi connectivity index (χ0v) is 63.6. The third kappa shape index (κ3) is 38.0. The molecule has 0 saturated heterocycles. The van der Waals surface area contributed by atoms with Gasteiger partial charge in [-0.15, -0.1) is 0 Å². The molecule has 1 saturated carbocycles. The van der Waals surface area contributed by atoms with Gasteiger partial charge >= 0.3 is 0 Å². The Balaban J connectivity index is 0.000000381. The summed E-state index contributed by atoms with van der Waals surface area (Å²) in [7, 11) is 0. The molecule has 8 aromatic rings. The summed E-state index contributed by atoms with van der Waals surface area (Å²) in [6.45, 7) is 12.6. The number of phenolic OH excluding ortho intramolecular Hbond substituents is 7. The van der Waals surface area contributed by atoms with Crippen molar-refractivity contribution in [2.45, 2.75) is 214 Å². The van der Waals surface area contributed by atoms with E-state index in [1.54, 1.807) is 91.0 Å². The van der Waals surface area contributed by atoms with Crippen LogP contribution in [0.2, 0.25) is 35.2 Å². The number of aryl methyl sites for hydroxylation is 6. The first kappa shape index (κ1) is 87.6. The van der Waals surface area contributed by atoms with Crippen molar-refractivity contribution in [3.05, 3.63) is 232 Å². The maximum Gasteiger partial charge on any atom is 0.146 e. The van der Waals surface area contributed by atoms with Crippen molar-refractivity contribution in [2.24, 2.45) is 0 Å². The van der Waals surface area contributed by atoms with Gasteiger partial charge < -0.3 is 40.0 Å². The van der Waals surface area contributed by atoms with E-state index in [4.69, 9.17) is 103 Å². The first-order chi connectivity index (χ1) is 46.6. The second-order valence-electron chi connectivity index (χ2n) is 23.8. The summed E-state index contributed by atoms with van der Waals surface area (Å²) in [5.74, 6) is 3.20. The van der Waals surface area contributed by atoms with Crippen LogP contribution in [0, 0.1) is 6.92 Å². The van der Waals surface area contributed by atoms with Gasteiger partial charge in [-0.1, -0.05) is 273 Å². The van der Waals surface area contributed by atoms with Crippen LogP contribution < -0.4 is 4.29 Å². The Morgan fingerprint density at radius 2 is 0.701 bits per heavy atom. The normalized spacial score (nSPS) is 11.3. The molecule has 0 radical (unpaired) electrons. The van der Waals surface area contributed by atoms with Crippen LogP contribution in [-0.2, 0) is 32.1 Å². The largest absolute Gasteiger partial charge is 0.508 e. The van der Waals surface area contributed by atoms with Gasteiger partial charge in [0, 0.05) is 20.1 Å². The van der Waals surface area contributed by atoms with Crippen molar-refractivity contribution in [3.63, 3.8) is 0 Å². The van der Waals surface area contributed by atoms with Crippen molar-refractivity contribution in [3.8, 4) is 46.0 Å². The third-order valence-electron chi connectivity index (χ3n) is 15.8. The Labute approximate surface area is 620 Å². The number of aromatic hydroxyl groups is 7. The molecule has 16 heteroatoms. The number of unbranched alkanes of at least 4 members (excludes halogenated alkanes) is 12. The monoisotopic (exact) mass is 1480 g/mol. The summed E-state index contributed by atoms with van der Waals surface area (Å²) < 4.78 is 4.39. The number of hydrogen-bond donors (Lipinski definition) is 7. The molecule has 7 N–H and O–H groups in total. The lowest BCUT2D eigenvalue weighted by Crippen LogP contribution is -2.04. The summed E-state index contributed by atoms with van der Waals surface area (Å²) in [6, 6.07) is 46.1. The van der Waals surface area contributed by atoms with Crippen LogP contribution in [0.3, 0.4) is 0 Å². The van der Waals surface area contributed by atoms with Crippen molar-refractivity contribution < 1.29 is 40.0 Å². The molecule has 0 spiro atoms. The van der Waals surface area contributed by atoms with Crippen LogP contribution in [0.4, 0.5) is 0 Å². The average molecular weight is 1490 g/mol. The first-order valence-electron chi connectivity index (χ1n) is 34.2. The quantitative estimate of drug-likeness (QED) is 0.0313. The fourth-order valence-electron chi connectivity index (χ4n) is 10.3. The average Bonchev–Trinajstić information content (AvgIpc) is 0.995. The number of benzene rings is 8. The fraction of sp³-hybridized carbons (Fsp3) is 0.407. The molecule has 1 aliphatic rings. The molecule has 1 fully saturated rings. The van der Waals surface area contributed by atoms with Gasteiger partial charge in [0.2, 0.25) is 0 Å². The maximum absolute atomic E-state index is 9.73. The van der Waals surface area contributed by atoms with Gasteiger partial charge in [0.15, 0.2) is 0 Å². The molecule has 97 heavy (non-hydrogen) atoms. The zero-order chi connectivity index (χ0) is 71.8. The molecule has 0 bridgehead atoms.